The average Bonchev–Trinajstić information content (AvgIpc) is 2.94. The monoisotopic (exact) mass is 400 g/mol. The SMILES string of the molecule is O=C(NCCc1ncc[nH]1)Nc1ccc(I)cc1C(=O)O. The minimum absolute atomic E-state index is 0.0584. The van der Waals surface area contributed by atoms with Crippen LogP contribution in [0.3, 0.4) is 0 Å². The fraction of sp³-hybridized carbons (Fsp3) is 0.154. The number of anilines is 1. The van der Waals surface area contributed by atoms with Crippen LogP contribution in [0.1, 0.15) is 16.2 Å². The maximum absolute atomic E-state index is 11.8. The molecule has 0 unspecified atom stereocenters. The molecule has 0 bridgehead atoms. The molecule has 1 heterocycles. The van der Waals surface area contributed by atoms with Gasteiger partial charge in [-0.2, -0.15) is 0 Å². The van der Waals surface area contributed by atoms with Gasteiger partial charge in [0.15, 0.2) is 0 Å². The molecule has 0 saturated heterocycles. The number of aromatic nitrogens is 2. The van der Waals surface area contributed by atoms with Gasteiger partial charge in [-0.3, -0.25) is 0 Å². The van der Waals surface area contributed by atoms with E-state index in [0.717, 1.165) is 9.39 Å². The second kappa shape index (κ2) is 7.07. The summed E-state index contributed by atoms with van der Waals surface area (Å²) in [4.78, 5) is 29.9. The zero-order valence-corrected chi connectivity index (χ0v) is 13.0. The molecule has 21 heavy (non-hydrogen) atoms. The van der Waals surface area contributed by atoms with Crippen molar-refractivity contribution in [2.24, 2.45) is 0 Å². The average molecular weight is 400 g/mol. The number of benzene rings is 1. The van der Waals surface area contributed by atoms with E-state index < -0.39 is 12.0 Å². The number of carboxylic acid groups (broad SMARTS) is 1. The van der Waals surface area contributed by atoms with Crippen LogP contribution in [-0.4, -0.2) is 33.6 Å². The first-order valence-electron chi connectivity index (χ1n) is 6.12. The van der Waals surface area contributed by atoms with Crippen LogP contribution in [0.4, 0.5) is 10.5 Å². The molecule has 2 aromatic rings. The van der Waals surface area contributed by atoms with Crippen LogP contribution in [0.5, 0.6) is 0 Å². The largest absolute Gasteiger partial charge is 0.478 e. The lowest BCUT2D eigenvalue weighted by atomic mass is 10.2. The van der Waals surface area contributed by atoms with E-state index in [9.17, 15) is 9.59 Å². The van der Waals surface area contributed by atoms with Crippen molar-refractivity contribution in [3.05, 3.63) is 45.6 Å². The van der Waals surface area contributed by atoms with Gasteiger partial charge in [0.25, 0.3) is 0 Å². The van der Waals surface area contributed by atoms with Crippen molar-refractivity contribution in [1.82, 2.24) is 15.3 Å². The van der Waals surface area contributed by atoms with Crippen LogP contribution in [0.2, 0.25) is 0 Å². The molecule has 0 aliphatic rings. The zero-order valence-electron chi connectivity index (χ0n) is 10.9. The van der Waals surface area contributed by atoms with Gasteiger partial charge in [0.1, 0.15) is 5.82 Å². The minimum atomic E-state index is -1.08. The van der Waals surface area contributed by atoms with E-state index in [4.69, 9.17) is 5.11 Å². The molecule has 1 aromatic heterocycles. The van der Waals surface area contributed by atoms with E-state index in [1.54, 1.807) is 24.5 Å². The maximum atomic E-state index is 11.8. The number of rotatable bonds is 5. The standard InChI is InChI=1S/C13H13IN4O3/c14-8-1-2-10(9(7-8)12(19)20)18-13(21)17-4-3-11-15-5-6-16-11/h1-2,5-7H,3-4H2,(H,15,16)(H,19,20)(H2,17,18,21). The Morgan fingerprint density at radius 3 is 2.86 bits per heavy atom. The highest BCUT2D eigenvalue weighted by Gasteiger charge is 2.12. The van der Waals surface area contributed by atoms with E-state index in [0.29, 0.717) is 13.0 Å². The summed E-state index contributed by atoms with van der Waals surface area (Å²) in [7, 11) is 0. The normalized spacial score (nSPS) is 10.1. The highest BCUT2D eigenvalue weighted by molar-refractivity contribution is 14.1. The number of carbonyl (C=O) groups is 2. The van der Waals surface area contributed by atoms with Gasteiger partial charge < -0.3 is 20.7 Å². The molecule has 7 nitrogen and oxygen atoms in total. The number of hydrogen-bond acceptors (Lipinski definition) is 3. The minimum Gasteiger partial charge on any atom is -0.478 e. The molecule has 1 aromatic carbocycles. The summed E-state index contributed by atoms with van der Waals surface area (Å²) in [6, 6.07) is 4.34. The molecule has 0 aliphatic heterocycles. The van der Waals surface area contributed by atoms with Crippen molar-refractivity contribution in [2.45, 2.75) is 6.42 Å². The van der Waals surface area contributed by atoms with Gasteiger partial charge in [-0.25, -0.2) is 14.6 Å². The van der Waals surface area contributed by atoms with Crippen molar-refractivity contribution in [3.63, 3.8) is 0 Å². The molecule has 0 spiro atoms. The summed E-state index contributed by atoms with van der Waals surface area (Å²) in [5.74, 6) is -0.310. The summed E-state index contributed by atoms with van der Waals surface area (Å²) in [5, 5.41) is 14.3. The number of nitrogens with one attached hydrogen (secondary N) is 3. The fourth-order valence-electron chi connectivity index (χ4n) is 1.70. The molecule has 8 heteroatoms. The number of H-pyrrole nitrogens is 1. The number of aromatic carboxylic acids is 1. The number of hydrogen-bond donors (Lipinski definition) is 4. The predicted molar refractivity (Wildman–Crippen MR) is 85.4 cm³/mol. The van der Waals surface area contributed by atoms with Crippen molar-refractivity contribution >= 4 is 40.3 Å². The van der Waals surface area contributed by atoms with Crippen molar-refractivity contribution in [1.29, 1.82) is 0 Å². The third-order valence-corrected chi connectivity index (χ3v) is 3.33. The highest BCUT2D eigenvalue weighted by Crippen LogP contribution is 2.18. The van der Waals surface area contributed by atoms with E-state index >= 15 is 0 Å². The summed E-state index contributed by atoms with van der Waals surface area (Å²) in [5.41, 5.74) is 0.321. The number of amides is 2. The van der Waals surface area contributed by atoms with E-state index in [1.807, 2.05) is 22.6 Å². The quantitative estimate of drug-likeness (QED) is 0.577. The second-order valence-electron chi connectivity index (χ2n) is 4.16. The molecule has 2 rings (SSSR count). The van der Waals surface area contributed by atoms with Gasteiger partial charge in [-0.1, -0.05) is 0 Å². The Bertz CT molecular complexity index is 643. The second-order valence-corrected chi connectivity index (χ2v) is 5.41. The molecule has 4 N–H and O–H groups in total. The van der Waals surface area contributed by atoms with Crippen LogP contribution >= 0.6 is 22.6 Å². The number of nitrogens with zero attached hydrogens (tertiary/aromatic N) is 1. The Labute approximate surface area is 134 Å². The van der Waals surface area contributed by atoms with Crippen LogP contribution < -0.4 is 10.6 Å². The fourth-order valence-corrected chi connectivity index (χ4v) is 2.19. The first kappa shape index (κ1) is 15.3. The Kier molecular flexibility index (Phi) is 5.14. The molecule has 0 saturated carbocycles. The number of carbonyl (C=O) groups excluding carboxylic acids is 1. The van der Waals surface area contributed by atoms with Crippen molar-refractivity contribution < 1.29 is 14.7 Å². The van der Waals surface area contributed by atoms with Crippen molar-refractivity contribution in [2.75, 3.05) is 11.9 Å². The number of urea groups is 1. The van der Waals surface area contributed by atoms with Gasteiger partial charge >= 0.3 is 12.0 Å². The predicted octanol–water partition coefficient (Wildman–Crippen LogP) is 2.08. The molecule has 0 fully saturated rings. The van der Waals surface area contributed by atoms with Gasteiger partial charge in [-0.05, 0) is 40.8 Å². The summed E-state index contributed by atoms with van der Waals surface area (Å²) < 4.78 is 0.786. The first-order valence-corrected chi connectivity index (χ1v) is 7.20. The lowest BCUT2D eigenvalue weighted by Crippen LogP contribution is -2.31. The Hall–Kier alpha value is -2.10. The van der Waals surface area contributed by atoms with Crippen molar-refractivity contribution in [3.8, 4) is 0 Å². The van der Waals surface area contributed by atoms with E-state index in [2.05, 4.69) is 20.6 Å². The lowest BCUT2D eigenvalue weighted by Gasteiger charge is -2.10. The molecular formula is C13H13IN4O3. The van der Waals surface area contributed by atoms with Gasteiger partial charge in [0.2, 0.25) is 0 Å². The third kappa shape index (κ3) is 4.45. The number of imidazole rings is 1. The Balaban J connectivity index is 1.92. The van der Waals surface area contributed by atoms with Gasteiger partial charge in [-0.15, -0.1) is 0 Å². The van der Waals surface area contributed by atoms with Gasteiger partial charge in [0.05, 0.1) is 11.3 Å². The smallest absolute Gasteiger partial charge is 0.337 e. The van der Waals surface area contributed by atoms with Crippen LogP contribution in [-0.2, 0) is 6.42 Å². The van der Waals surface area contributed by atoms with Crippen LogP contribution in [0.15, 0.2) is 30.6 Å². The summed E-state index contributed by atoms with van der Waals surface area (Å²) >= 11 is 2.02. The Morgan fingerprint density at radius 2 is 2.19 bits per heavy atom. The molecule has 0 radical (unpaired) electrons. The molecule has 2 amide bonds. The summed E-state index contributed by atoms with van der Waals surface area (Å²) in [6.07, 6.45) is 3.92. The Morgan fingerprint density at radius 1 is 1.38 bits per heavy atom. The molecular weight excluding hydrogens is 387 g/mol. The highest BCUT2D eigenvalue weighted by atomic mass is 127. The van der Waals surface area contributed by atoms with Crippen LogP contribution in [0, 0.1) is 3.57 Å². The number of aromatic amines is 1. The first-order chi connectivity index (χ1) is 10.1. The third-order valence-electron chi connectivity index (χ3n) is 2.66. The molecule has 0 atom stereocenters. The van der Waals surface area contributed by atoms with Crippen LogP contribution in [0.25, 0.3) is 0 Å². The number of halogens is 1. The lowest BCUT2D eigenvalue weighted by molar-refractivity contribution is 0.0698. The maximum Gasteiger partial charge on any atom is 0.337 e. The van der Waals surface area contributed by atoms with E-state index in [-0.39, 0.29) is 11.3 Å². The van der Waals surface area contributed by atoms with Gasteiger partial charge in [0, 0.05) is 28.9 Å². The molecule has 0 aliphatic carbocycles. The van der Waals surface area contributed by atoms with E-state index in [1.165, 1.54) is 6.07 Å². The molecule has 110 valence electrons. The number of carboxylic acids is 1. The zero-order chi connectivity index (χ0) is 15.2. The summed E-state index contributed by atoms with van der Waals surface area (Å²) in [6.45, 7) is 0.395. The topological polar surface area (TPSA) is 107 Å².